The predicted octanol–water partition coefficient (Wildman–Crippen LogP) is 1.69. The highest BCUT2D eigenvalue weighted by Gasteiger charge is 2.34. The van der Waals surface area contributed by atoms with Crippen LogP contribution in [0.25, 0.3) is 0 Å². The second kappa shape index (κ2) is 7.59. The number of aromatic nitrogens is 1. The summed E-state index contributed by atoms with van der Waals surface area (Å²) in [7, 11) is 1.33. The van der Waals surface area contributed by atoms with Crippen LogP contribution in [0, 0.1) is 5.92 Å². The Hall–Kier alpha value is -2.93. The fourth-order valence-electron chi connectivity index (χ4n) is 4.34. The van der Waals surface area contributed by atoms with Gasteiger partial charge in [-0.25, -0.2) is 4.79 Å². The number of pyridine rings is 1. The normalized spacial score (nSPS) is 20.9. The Labute approximate surface area is 162 Å². The molecule has 2 atom stereocenters. The van der Waals surface area contributed by atoms with Crippen LogP contribution in [0.2, 0.25) is 0 Å². The summed E-state index contributed by atoms with van der Waals surface area (Å²) in [5.74, 6) is 0.181. The van der Waals surface area contributed by atoms with Gasteiger partial charge in [0, 0.05) is 43.0 Å². The first-order valence-corrected chi connectivity index (χ1v) is 9.44. The molecule has 4 rings (SSSR count). The van der Waals surface area contributed by atoms with Crippen LogP contribution < -0.4 is 10.9 Å². The molecule has 3 heterocycles. The van der Waals surface area contributed by atoms with Gasteiger partial charge in [0.1, 0.15) is 0 Å². The number of nitrogens with zero attached hydrogens (tertiary/aromatic N) is 2. The number of rotatable bonds is 4. The van der Waals surface area contributed by atoms with Gasteiger partial charge in [0.05, 0.1) is 19.2 Å². The van der Waals surface area contributed by atoms with Crippen LogP contribution in [0.4, 0.5) is 5.69 Å². The van der Waals surface area contributed by atoms with E-state index in [9.17, 15) is 14.4 Å². The lowest BCUT2D eigenvalue weighted by Crippen LogP contribution is -2.49. The number of piperidine rings is 1. The van der Waals surface area contributed by atoms with Crippen molar-refractivity contribution in [2.45, 2.75) is 18.9 Å². The maximum absolute atomic E-state index is 12.5. The highest BCUT2D eigenvalue weighted by atomic mass is 16.5. The van der Waals surface area contributed by atoms with E-state index >= 15 is 0 Å². The Morgan fingerprint density at radius 3 is 2.64 bits per heavy atom. The number of methoxy groups -OCH3 is 1. The summed E-state index contributed by atoms with van der Waals surface area (Å²) in [5, 5.41) is 2.88. The summed E-state index contributed by atoms with van der Waals surface area (Å²) < 4.78 is 6.56. The van der Waals surface area contributed by atoms with Crippen LogP contribution in [-0.2, 0) is 16.1 Å². The van der Waals surface area contributed by atoms with E-state index < -0.39 is 5.97 Å². The third kappa shape index (κ3) is 3.71. The molecule has 2 aliphatic heterocycles. The molecule has 2 aliphatic rings. The van der Waals surface area contributed by atoms with Crippen molar-refractivity contribution >= 4 is 17.6 Å². The molecule has 7 nitrogen and oxygen atoms in total. The average Bonchev–Trinajstić information content (AvgIpc) is 2.68. The second-order valence-corrected chi connectivity index (χ2v) is 7.51. The number of anilines is 1. The van der Waals surface area contributed by atoms with E-state index in [2.05, 4.69) is 15.0 Å². The lowest BCUT2D eigenvalue weighted by molar-refractivity contribution is -0.117. The first-order chi connectivity index (χ1) is 13.5. The van der Waals surface area contributed by atoms with Gasteiger partial charge in [-0.2, -0.15) is 0 Å². The third-order valence-electron chi connectivity index (χ3n) is 5.51. The van der Waals surface area contributed by atoms with E-state index in [0.29, 0.717) is 23.7 Å². The maximum Gasteiger partial charge on any atom is 0.337 e. The number of likely N-dealkylation sites (tertiary alicyclic amines) is 1. The molecule has 0 unspecified atom stereocenters. The molecule has 0 radical (unpaired) electrons. The Bertz CT molecular complexity index is 951. The molecule has 1 saturated heterocycles. The monoisotopic (exact) mass is 381 g/mol. The van der Waals surface area contributed by atoms with E-state index in [1.807, 2.05) is 16.7 Å². The molecular formula is C21H23N3O4. The average molecular weight is 381 g/mol. The number of esters is 1. The fourth-order valence-corrected chi connectivity index (χ4v) is 4.34. The second-order valence-electron chi connectivity index (χ2n) is 7.51. The van der Waals surface area contributed by atoms with Gasteiger partial charge in [0.15, 0.2) is 0 Å². The molecule has 2 aromatic rings. The summed E-state index contributed by atoms with van der Waals surface area (Å²) in [6.07, 6.45) is 1.07. The van der Waals surface area contributed by atoms with Crippen LogP contribution in [0.3, 0.4) is 0 Å². The van der Waals surface area contributed by atoms with Gasteiger partial charge in [-0.05, 0) is 42.7 Å². The highest BCUT2D eigenvalue weighted by Crippen LogP contribution is 2.34. The molecule has 0 saturated carbocycles. The SMILES string of the molecule is COC(=O)c1ccc(NC(=O)CN2C[C@@H]3C[C@H](C2)c2cccc(=O)n2C3)cc1. The summed E-state index contributed by atoms with van der Waals surface area (Å²) >= 11 is 0. The van der Waals surface area contributed by atoms with Gasteiger partial charge < -0.3 is 14.6 Å². The largest absolute Gasteiger partial charge is 0.465 e. The van der Waals surface area contributed by atoms with Crippen molar-refractivity contribution in [3.63, 3.8) is 0 Å². The minimum Gasteiger partial charge on any atom is -0.465 e. The van der Waals surface area contributed by atoms with E-state index in [0.717, 1.165) is 31.7 Å². The van der Waals surface area contributed by atoms with Crippen LogP contribution in [0.5, 0.6) is 0 Å². The van der Waals surface area contributed by atoms with Gasteiger partial charge in [0.2, 0.25) is 5.91 Å². The number of hydrogen-bond acceptors (Lipinski definition) is 5. The number of fused-ring (bicyclic) bond motifs is 4. The van der Waals surface area contributed by atoms with E-state index in [-0.39, 0.29) is 17.4 Å². The molecule has 1 aromatic heterocycles. The zero-order valence-corrected chi connectivity index (χ0v) is 15.8. The zero-order chi connectivity index (χ0) is 19.7. The topological polar surface area (TPSA) is 80.6 Å². The summed E-state index contributed by atoms with van der Waals surface area (Å²) in [5.41, 5.74) is 2.23. The van der Waals surface area contributed by atoms with E-state index in [1.165, 1.54) is 7.11 Å². The smallest absolute Gasteiger partial charge is 0.337 e. The molecule has 1 amide bonds. The highest BCUT2D eigenvalue weighted by molar-refractivity contribution is 5.94. The molecule has 146 valence electrons. The molecule has 1 aromatic carbocycles. The van der Waals surface area contributed by atoms with Crippen LogP contribution in [0.1, 0.15) is 28.4 Å². The molecule has 7 heteroatoms. The van der Waals surface area contributed by atoms with Crippen molar-refractivity contribution in [1.29, 1.82) is 0 Å². The number of nitrogens with one attached hydrogen (secondary N) is 1. The lowest BCUT2D eigenvalue weighted by Gasteiger charge is -2.42. The maximum atomic E-state index is 12.5. The fraction of sp³-hybridized carbons (Fsp3) is 0.381. The zero-order valence-electron chi connectivity index (χ0n) is 15.8. The van der Waals surface area contributed by atoms with E-state index in [4.69, 9.17) is 0 Å². The summed E-state index contributed by atoms with van der Waals surface area (Å²) in [6.45, 7) is 2.61. The minimum absolute atomic E-state index is 0.0637. The molecule has 28 heavy (non-hydrogen) atoms. The molecular weight excluding hydrogens is 358 g/mol. The van der Waals surface area contributed by atoms with Crippen LogP contribution >= 0.6 is 0 Å². The Morgan fingerprint density at radius 1 is 1.11 bits per heavy atom. The molecule has 2 bridgehead atoms. The van der Waals surface area contributed by atoms with Crippen molar-refractivity contribution in [2.75, 3.05) is 32.1 Å². The summed E-state index contributed by atoms with van der Waals surface area (Å²) in [6, 6.07) is 12.1. The first-order valence-electron chi connectivity index (χ1n) is 9.44. The predicted molar refractivity (Wildman–Crippen MR) is 104 cm³/mol. The minimum atomic E-state index is -0.405. The van der Waals surface area contributed by atoms with Crippen molar-refractivity contribution in [2.24, 2.45) is 5.92 Å². The van der Waals surface area contributed by atoms with Gasteiger partial charge in [-0.1, -0.05) is 6.07 Å². The van der Waals surface area contributed by atoms with Crippen LogP contribution in [0.15, 0.2) is 47.3 Å². The van der Waals surface area contributed by atoms with Crippen molar-refractivity contribution in [1.82, 2.24) is 9.47 Å². The van der Waals surface area contributed by atoms with E-state index in [1.54, 1.807) is 30.3 Å². The summed E-state index contributed by atoms with van der Waals surface area (Å²) in [4.78, 5) is 38.2. The number of hydrogen-bond donors (Lipinski definition) is 1. The standard InChI is InChI=1S/C21H23N3O4/c1-28-21(27)15-5-7-17(8-6-15)22-19(25)13-23-10-14-9-16(12-23)18-3-2-4-20(26)24(18)11-14/h2-8,14,16H,9-13H2,1H3,(H,22,25)/t14-,16+/m0/s1. The third-order valence-corrected chi connectivity index (χ3v) is 5.51. The number of benzene rings is 1. The van der Waals surface area contributed by atoms with Crippen molar-refractivity contribution in [3.8, 4) is 0 Å². The molecule has 0 aliphatic carbocycles. The Balaban J connectivity index is 1.38. The van der Waals surface area contributed by atoms with Crippen molar-refractivity contribution < 1.29 is 14.3 Å². The molecule has 1 N–H and O–H groups in total. The number of carbonyl (C=O) groups is 2. The van der Waals surface area contributed by atoms with Gasteiger partial charge in [0.25, 0.3) is 5.56 Å². The number of ether oxygens (including phenoxy) is 1. The van der Waals surface area contributed by atoms with Crippen molar-refractivity contribution in [3.05, 3.63) is 64.1 Å². The molecule has 1 fully saturated rings. The number of amides is 1. The Morgan fingerprint density at radius 2 is 1.89 bits per heavy atom. The Kier molecular flexibility index (Phi) is 5.00. The van der Waals surface area contributed by atoms with Gasteiger partial charge in [-0.3, -0.25) is 14.5 Å². The van der Waals surface area contributed by atoms with Gasteiger partial charge >= 0.3 is 5.97 Å². The first kappa shape index (κ1) is 18.4. The lowest BCUT2D eigenvalue weighted by atomic mass is 9.83. The quantitative estimate of drug-likeness (QED) is 0.816. The molecule has 0 spiro atoms. The number of carbonyl (C=O) groups excluding carboxylic acids is 2. The van der Waals surface area contributed by atoms with Gasteiger partial charge in [-0.15, -0.1) is 0 Å². The van der Waals surface area contributed by atoms with Crippen LogP contribution in [-0.4, -0.2) is 48.1 Å².